The predicted octanol–water partition coefficient (Wildman–Crippen LogP) is 19.9. The molecule has 0 aromatic rings. The van der Waals surface area contributed by atoms with Gasteiger partial charge in [-0.3, -0.25) is 23.4 Å². The minimum absolute atomic E-state index is 0.0928. The van der Waals surface area contributed by atoms with E-state index in [4.69, 9.17) is 23.3 Å². The van der Waals surface area contributed by atoms with E-state index in [1.165, 1.54) is 83.5 Å². The van der Waals surface area contributed by atoms with Crippen LogP contribution in [0.1, 0.15) is 265 Å². The number of aliphatic hydroxyl groups is 1. The van der Waals surface area contributed by atoms with Crippen molar-refractivity contribution in [1.82, 2.24) is 0 Å². The van der Waals surface area contributed by atoms with E-state index >= 15 is 0 Å². The molecule has 0 heterocycles. The molecule has 468 valence electrons. The summed E-state index contributed by atoms with van der Waals surface area (Å²) in [5.74, 6) is -1.58. The average Bonchev–Trinajstić information content (AvgIpc) is 3.47. The molecule has 3 unspecified atom stereocenters. The molecular formula is C70H117O11P. The number of ether oxygens (including phenoxy) is 3. The highest BCUT2D eigenvalue weighted by Gasteiger charge is 2.28. The zero-order valence-electron chi connectivity index (χ0n) is 51.9. The van der Waals surface area contributed by atoms with Crippen LogP contribution >= 0.6 is 7.82 Å². The van der Waals surface area contributed by atoms with Gasteiger partial charge in [0.15, 0.2) is 6.10 Å². The zero-order valence-corrected chi connectivity index (χ0v) is 52.8. The lowest BCUT2D eigenvalue weighted by molar-refractivity contribution is -0.161. The second-order valence-corrected chi connectivity index (χ2v) is 22.6. The van der Waals surface area contributed by atoms with Crippen molar-refractivity contribution < 1.29 is 52.2 Å². The summed E-state index contributed by atoms with van der Waals surface area (Å²) in [7, 11) is -4.78. The Balaban J connectivity index is 4.82. The monoisotopic (exact) mass is 1160 g/mol. The van der Waals surface area contributed by atoms with Gasteiger partial charge in [-0.05, 0) is 96.3 Å². The van der Waals surface area contributed by atoms with E-state index in [2.05, 4.69) is 130 Å². The highest BCUT2D eigenvalue weighted by Crippen LogP contribution is 2.43. The molecule has 0 aliphatic carbocycles. The van der Waals surface area contributed by atoms with Gasteiger partial charge < -0.3 is 24.2 Å². The van der Waals surface area contributed by atoms with Crippen LogP contribution in [0.15, 0.2) is 122 Å². The molecule has 0 radical (unpaired) electrons. The summed E-state index contributed by atoms with van der Waals surface area (Å²) >= 11 is 0. The molecule has 0 amide bonds. The number of allylic oxidation sites excluding steroid dienone is 20. The lowest BCUT2D eigenvalue weighted by atomic mass is 10.0. The number of esters is 3. The fraction of sp³-hybridized carbons (Fsp3) is 0.671. The summed E-state index contributed by atoms with van der Waals surface area (Å²) in [6.07, 6.45) is 78.8. The number of hydrogen-bond donors (Lipinski definition) is 2. The standard InChI is InChI=1S/C70H117O11P/c1-4-7-10-13-16-19-22-25-28-31-33-36-38-41-44-47-50-53-56-59-68(72)77-63-67(81-70(74)61-58-55-52-49-46-43-40-37-34-32-29-26-23-20-17-14-11-8-5-2)65-79-82(75,76)78-64-66(62-71)80-69(73)60-57-54-51-48-45-42-39-35-30-27-24-21-18-15-12-9-6-3/h7-8,10-11,16-17,19-20,25-26,28-29,33-34,36-37,41,44,50,53,66-67,71H,4-6,9,12-15,18,21-24,27,30-32,35,38-40,42-43,45-49,51-52,54-65H2,1-3H3,(H,75,76)/b10-7-,11-8-,19-16-,20-17-,28-25-,29-26-,36-33-,37-34-,44-41-,53-50-. The quantitative estimate of drug-likeness (QED) is 0.0197. The molecule has 2 N–H and O–H groups in total. The first-order valence-electron chi connectivity index (χ1n) is 32.4. The van der Waals surface area contributed by atoms with Crippen LogP contribution in [0.4, 0.5) is 0 Å². The van der Waals surface area contributed by atoms with Crippen LogP contribution in [-0.2, 0) is 42.2 Å². The van der Waals surface area contributed by atoms with Crippen molar-refractivity contribution in [3.05, 3.63) is 122 Å². The van der Waals surface area contributed by atoms with E-state index in [0.29, 0.717) is 19.3 Å². The lowest BCUT2D eigenvalue weighted by Crippen LogP contribution is -2.30. The Labute approximate surface area is 500 Å². The number of carbonyl (C=O) groups is 3. The third-order valence-corrected chi connectivity index (χ3v) is 14.3. The van der Waals surface area contributed by atoms with E-state index in [0.717, 1.165) is 122 Å². The fourth-order valence-electron chi connectivity index (χ4n) is 8.55. The van der Waals surface area contributed by atoms with Crippen LogP contribution in [-0.4, -0.2) is 66.5 Å². The van der Waals surface area contributed by atoms with Crippen LogP contribution < -0.4 is 0 Å². The largest absolute Gasteiger partial charge is 0.472 e. The van der Waals surface area contributed by atoms with Crippen molar-refractivity contribution in [2.24, 2.45) is 0 Å². The van der Waals surface area contributed by atoms with Gasteiger partial charge in [0.2, 0.25) is 0 Å². The van der Waals surface area contributed by atoms with Crippen LogP contribution in [0.3, 0.4) is 0 Å². The number of aliphatic hydroxyl groups excluding tert-OH is 1. The Morgan fingerprint density at radius 2 is 0.659 bits per heavy atom. The number of phosphoric acid groups is 1. The topological polar surface area (TPSA) is 155 Å². The summed E-state index contributed by atoms with van der Waals surface area (Å²) in [6.45, 7) is 4.35. The third-order valence-electron chi connectivity index (χ3n) is 13.4. The molecule has 0 rings (SSSR count). The van der Waals surface area contributed by atoms with Gasteiger partial charge in [0.1, 0.15) is 12.7 Å². The summed E-state index contributed by atoms with van der Waals surface area (Å²) in [4.78, 5) is 48.8. The van der Waals surface area contributed by atoms with Crippen molar-refractivity contribution in [1.29, 1.82) is 0 Å². The fourth-order valence-corrected chi connectivity index (χ4v) is 9.33. The maximum atomic E-state index is 13.0. The molecule has 0 bridgehead atoms. The van der Waals surface area contributed by atoms with Gasteiger partial charge in [0, 0.05) is 19.3 Å². The van der Waals surface area contributed by atoms with Gasteiger partial charge in [-0.2, -0.15) is 0 Å². The summed E-state index contributed by atoms with van der Waals surface area (Å²) in [6, 6.07) is 0. The van der Waals surface area contributed by atoms with Gasteiger partial charge in [0.05, 0.1) is 19.8 Å². The van der Waals surface area contributed by atoms with Crippen molar-refractivity contribution in [2.75, 3.05) is 26.4 Å². The first kappa shape index (κ1) is 77.9. The molecule has 0 saturated heterocycles. The molecule has 0 saturated carbocycles. The Kier molecular flexibility index (Phi) is 59.8. The molecule has 0 aliphatic heterocycles. The zero-order chi connectivity index (χ0) is 59.8. The van der Waals surface area contributed by atoms with E-state index in [-0.39, 0.29) is 25.9 Å². The minimum Gasteiger partial charge on any atom is -0.462 e. The molecule has 0 aliphatic rings. The van der Waals surface area contributed by atoms with Crippen molar-refractivity contribution in [2.45, 2.75) is 277 Å². The van der Waals surface area contributed by atoms with Crippen molar-refractivity contribution >= 4 is 25.7 Å². The summed E-state index contributed by atoms with van der Waals surface area (Å²) in [5.41, 5.74) is 0. The van der Waals surface area contributed by atoms with Crippen LogP contribution in [0, 0.1) is 0 Å². The highest BCUT2D eigenvalue weighted by atomic mass is 31.2. The van der Waals surface area contributed by atoms with Crippen LogP contribution in [0.25, 0.3) is 0 Å². The maximum Gasteiger partial charge on any atom is 0.472 e. The maximum absolute atomic E-state index is 13.0. The number of rotatable bonds is 59. The molecule has 0 fully saturated rings. The van der Waals surface area contributed by atoms with Gasteiger partial charge in [-0.1, -0.05) is 271 Å². The molecule has 82 heavy (non-hydrogen) atoms. The molecule has 3 atom stereocenters. The number of phosphoric ester groups is 1. The van der Waals surface area contributed by atoms with E-state index in [1.54, 1.807) is 0 Å². The van der Waals surface area contributed by atoms with E-state index in [9.17, 15) is 28.9 Å². The molecule has 11 nitrogen and oxygen atoms in total. The van der Waals surface area contributed by atoms with Crippen LogP contribution in [0.2, 0.25) is 0 Å². The number of hydrogen-bond acceptors (Lipinski definition) is 10. The SMILES string of the molecule is CC/C=C\C/C=C\C/C=C\C/C=C\C/C=C\C/C=C\CCC(=O)OCC(COP(=O)(O)OCC(CO)OC(=O)CCCCCCCCCCCCCCCCCCC)OC(=O)CCCCCCCC/C=C\C/C=C\C/C=C\C/C=C\CC. The third kappa shape index (κ3) is 60.5. The number of unbranched alkanes of at least 4 members (excludes halogenated alkanes) is 22. The molecule has 12 heteroatoms. The molecular weight excluding hydrogens is 1050 g/mol. The average molecular weight is 1170 g/mol. The van der Waals surface area contributed by atoms with Crippen molar-refractivity contribution in [3.63, 3.8) is 0 Å². The summed E-state index contributed by atoms with van der Waals surface area (Å²) < 4.78 is 39.6. The minimum atomic E-state index is -4.78. The van der Waals surface area contributed by atoms with Gasteiger partial charge in [-0.15, -0.1) is 0 Å². The molecule has 0 spiro atoms. The van der Waals surface area contributed by atoms with Gasteiger partial charge >= 0.3 is 25.7 Å². The Morgan fingerprint density at radius 3 is 1.02 bits per heavy atom. The second-order valence-electron chi connectivity index (χ2n) is 21.2. The second kappa shape index (κ2) is 62.9. The van der Waals surface area contributed by atoms with Crippen molar-refractivity contribution in [3.8, 4) is 0 Å². The Hall–Kier alpha value is -4.12. The Morgan fingerprint density at radius 1 is 0.354 bits per heavy atom. The lowest BCUT2D eigenvalue weighted by Gasteiger charge is -2.21. The smallest absolute Gasteiger partial charge is 0.462 e. The van der Waals surface area contributed by atoms with Crippen LogP contribution in [0.5, 0.6) is 0 Å². The van der Waals surface area contributed by atoms with Gasteiger partial charge in [0.25, 0.3) is 0 Å². The highest BCUT2D eigenvalue weighted by molar-refractivity contribution is 7.47. The number of carbonyl (C=O) groups excluding carboxylic acids is 3. The molecule has 0 aromatic heterocycles. The Bertz CT molecular complexity index is 1840. The van der Waals surface area contributed by atoms with Gasteiger partial charge in [-0.25, -0.2) is 4.57 Å². The van der Waals surface area contributed by atoms with E-state index in [1.807, 2.05) is 12.2 Å². The summed E-state index contributed by atoms with van der Waals surface area (Å²) in [5, 5.41) is 9.86. The first-order valence-corrected chi connectivity index (χ1v) is 33.9. The first-order chi connectivity index (χ1) is 40.2. The van der Waals surface area contributed by atoms with E-state index < -0.39 is 57.8 Å². The predicted molar refractivity (Wildman–Crippen MR) is 343 cm³/mol. The normalized spacial score (nSPS) is 14.1. The molecule has 0 aromatic carbocycles.